The summed E-state index contributed by atoms with van der Waals surface area (Å²) in [6.45, 7) is 0.157. The number of rotatable bonds is 3. The molecule has 3 atom stereocenters. The minimum Gasteiger partial charge on any atom is -0.394 e. The monoisotopic (exact) mass is 447 g/mol. The van der Waals surface area contributed by atoms with E-state index in [4.69, 9.17) is 0 Å². The Labute approximate surface area is 170 Å². The van der Waals surface area contributed by atoms with E-state index in [1.165, 1.54) is 23.1 Å². The van der Waals surface area contributed by atoms with Gasteiger partial charge in [0, 0.05) is 22.6 Å². The van der Waals surface area contributed by atoms with E-state index in [1.54, 1.807) is 11.0 Å². The first-order chi connectivity index (χ1) is 13.5. The molecule has 2 heterocycles. The molecule has 0 unspecified atom stereocenters. The van der Waals surface area contributed by atoms with Crippen molar-refractivity contribution in [2.75, 3.05) is 25.0 Å². The Morgan fingerprint density at radius 3 is 2.68 bits per heavy atom. The molecule has 0 saturated carbocycles. The minimum absolute atomic E-state index is 0.0492. The van der Waals surface area contributed by atoms with Crippen LogP contribution in [0.2, 0.25) is 0 Å². The smallest absolute Gasteiger partial charge is 0.322 e. The van der Waals surface area contributed by atoms with E-state index >= 15 is 0 Å². The molecule has 2 fully saturated rings. The maximum atomic E-state index is 13.3. The first-order valence-electron chi connectivity index (χ1n) is 8.97. The predicted molar refractivity (Wildman–Crippen MR) is 105 cm³/mol. The highest BCUT2D eigenvalue weighted by atomic mass is 79.9. The molecular formula is C20H19BrFN3O3. The molecule has 2 saturated heterocycles. The van der Waals surface area contributed by atoms with E-state index in [9.17, 15) is 19.1 Å². The molecule has 2 N–H and O–H groups in total. The summed E-state index contributed by atoms with van der Waals surface area (Å²) < 4.78 is 14.3. The SMILES string of the molecule is O=C(Nc1cccc(F)c1)N1CC(=O)N2[C@@H](CO)[C@H](c3ccc(Br)cc3)[C@@H]2C1. The number of aliphatic hydroxyl groups is 1. The van der Waals surface area contributed by atoms with Crippen molar-refractivity contribution in [1.82, 2.24) is 9.80 Å². The quantitative estimate of drug-likeness (QED) is 0.759. The number of anilines is 1. The largest absolute Gasteiger partial charge is 0.394 e. The van der Waals surface area contributed by atoms with Crippen LogP contribution in [0.4, 0.5) is 14.9 Å². The molecule has 8 heteroatoms. The van der Waals surface area contributed by atoms with Gasteiger partial charge in [0.2, 0.25) is 5.91 Å². The van der Waals surface area contributed by atoms with E-state index < -0.39 is 11.8 Å². The van der Waals surface area contributed by atoms with E-state index in [-0.39, 0.29) is 37.1 Å². The number of fused-ring (bicyclic) bond motifs is 1. The number of carbonyl (C=O) groups is 2. The van der Waals surface area contributed by atoms with Crippen LogP contribution in [-0.4, -0.2) is 58.6 Å². The average Bonchev–Trinajstić information content (AvgIpc) is 2.65. The summed E-state index contributed by atoms with van der Waals surface area (Å²) in [4.78, 5) is 28.3. The highest BCUT2D eigenvalue weighted by molar-refractivity contribution is 9.10. The molecule has 0 aromatic heterocycles. The second kappa shape index (κ2) is 7.52. The number of halogens is 2. The molecule has 146 valence electrons. The van der Waals surface area contributed by atoms with Crippen LogP contribution in [-0.2, 0) is 4.79 Å². The third-order valence-corrected chi connectivity index (χ3v) is 5.90. The lowest BCUT2D eigenvalue weighted by Crippen LogP contribution is -2.73. The van der Waals surface area contributed by atoms with Crippen molar-refractivity contribution in [3.8, 4) is 0 Å². The molecule has 28 heavy (non-hydrogen) atoms. The number of nitrogens with zero attached hydrogens (tertiary/aromatic N) is 2. The Hall–Kier alpha value is -2.45. The van der Waals surface area contributed by atoms with Crippen LogP contribution in [0.5, 0.6) is 0 Å². The van der Waals surface area contributed by atoms with Gasteiger partial charge >= 0.3 is 6.03 Å². The zero-order valence-corrected chi connectivity index (χ0v) is 16.5. The molecule has 0 radical (unpaired) electrons. The second-order valence-corrected chi connectivity index (χ2v) is 7.93. The van der Waals surface area contributed by atoms with Gasteiger partial charge in [0.05, 0.1) is 18.7 Å². The second-order valence-electron chi connectivity index (χ2n) is 7.02. The highest BCUT2D eigenvalue weighted by Gasteiger charge is 2.54. The van der Waals surface area contributed by atoms with Gasteiger partial charge in [0.1, 0.15) is 12.4 Å². The number of piperazine rings is 1. The molecular weight excluding hydrogens is 429 g/mol. The van der Waals surface area contributed by atoms with Gasteiger partial charge < -0.3 is 20.2 Å². The van der Waals surface area contributed by atoms with Gasteiger partial charge in [-0.3, -0.25) is 4.79 Å². The lowest BCUT2D eigenvalue weighted by atomic mass is 9.74. The number of carbonyl (C=O) groups excluding carboxylic acids is 2. The van der Waals surface area contributed by atoms with Gasteiger partial charge in [-0.15, -0.1) is 0 Å². The number of hydrogen-bond acceptors (Lipinski definition) is 3. The van der Waals surface area contributed by atoms with Crippen LogP contribution >= 0.6 is 15.9 Å². The van der Waals surface area contributed by atoms with Gasteiger partial charge in [-0.25, -0.2) is 9.18 Å². The number of amides is 3. The van der Waals surface area contributed by atoms with Crippen molar-refractivity contribution in [3.63, 3.8) is 0 Å². The van der Waals surface area contributed by atoms with Crippen LogP contribution in [0.25, 0.3) is 0 Å². The summed E-state index contributed by atoms with van der Waals surface area (Å²) in [5.74, 6) is -0.691. The third-order valence-electron chi connectivity index (χ3n) is 5.37. The van der Waals surface area contributed by atoms with Crippen molar-refractivity contribution < 1.29 is 19.1 Å². The fourth-order valence-corrected chi connectivity index (χ4v) is 4.37. The molecule has 0 aliphatic carbocycles. The number of hydrogen-bond donors (Lipinski definition) is 2. The summed E-state index contributed by atoms with van der Waals surface area (Å²) in [7, 11) is 0. The van der Waals surface area contributed by atoms with E-state index in [1.807, 2.05) is 24.3 Å². The summed E-state index contributed by atoms with van der Waals surface area (Å²) in [5, 5.41) is 12.4. The van der Waals surface area contributed by atoms with Crippen LogP contribution in [0, 0.1) is 5.82 Å². The van der Waals surface area contributed by atoms with Crippen molar-refractivity contribution in [3.05, 3.63) is 64.4 Å². The molecule has 2 aromatic rings. The van der Waals surface area contributed by atoms with Crippen molar-refractivity contribution in [2.45, 2.75) is 18.0 Å². The zero-order chi connectivity index (χ0) is 19.8. The normalized spacial score (nSPS) is 23.8. The fraction of sp³-hybridized carbons (Fsp3) is 0.300. The molecule has 0 spiro atoms. The maximum Gasteiger partial charge on any atom is 0.322 e. The molecule has 2 aromatic carbocycles. The fourth-order valence-electron chi connectivity index (χ4n) is 4.11. The Morgan fingerprint density at radius 2 is 2.00 bits per heavy atom. The third kappa shape index (κ3) is 3.38. The maximum absolute atomic E-state index is 13.3. The molecule has 0 bridgehead atoms. The molecule has 4 rings (SSSR count). The topological polar surface area (TPSA) is 72.9 Å². The van der Waals surface area contributed by atoms with Crippen LogP contribution in [0.1, 0.15) is 11.5 Å². The Morgan fingerprint density at radius 1 is 1.25 bits per heavy atom. The summed E-state index contributed by atoms with van der Waals surface area (Å²) in [6, 6.07) is 12.5. The number of aliphatic hydroxyl groups excluding tert-OH is 1. The molecule has 2 aliphatic rings. The number of benzene rings is 2. The summed E-state index contributed by atoms with van der Waals surface area (Å²) >= 11 is 3.41. The molecule has 2 aliphatic heterocycles. The Bertz CT molecular complexity index is 908. The lowest BCUT2D eigenvalue weighted by molar-refractivity contribution is -0.159. The average molecular weight is 448 g/mol. The summed E-state index contributed by atoms with van der Waals surface area (Å²) in [5.41, 5.74) is 1.36. The Balaban J connectivity index is 1.52. The van der Waals surface area contributed by atoms with Crippen molar-refractivity contribution in [1.29, 1.82) is 0 Å². The highest BCUT2D eigenvalue weighted by Crippen LogP contribution is 2.43. The van der Waals surface area contributed by atoms with Crippen LogP contribution in [0.3, 0.4) is 0 Å². The molecule has 3 amide bonds. The van der Waals surface area contributed by atoms with Crippen molar-refractivity contribution >= 4 is 33.6 Å². The number of urea groups is 1. The van der Waals surface area contributed by atoms with Gasteiger partial charge in [-0.2, -0.15) is 0 Å². The van der Waals surface area contributed by atoms with E-state index in [2.05, 4.69) is 21.2 Å². The van der Waals surface area contributed by atoms with E-state index in [0.717, 1.165) is 10.0 Å². The van der Waals surface area contributed by atoms with E-state index in [0.29, 0.717) is 12.2 Å². The lowest BCUT2D eigenvalue weighted by Gasteiger charge is -2.58. The van der Waals surface area contributed by atoms with Crippen LogP contribution < -0.4 is 5.32 Å². The van der Waals surface area contributed by atoms with Gasteiger partial charge in [-0.1, -0.05) is 34.1 Å². The van der Waals surface area contributed by atoms with Gasteiger partial charge in [0.15, 0.2) is 0 Å². The standard InChI is InChI=1S/C20H19BrFN3O3/c21-13-6-4-12(5-7-13)19-16-9-24(10-18(27)25(16)17(19)11-26)20(28)23-15-3-1-2-14(22)8-15/h1-8,16-17,19,26H,9-11H2,(H,23,28)/t16-,17-,19+/m0/s1. The van der Waals surface area contributed by atoms with Crippen molar-refractivity contribution in [2.24, 2.45) is 0 Å². The van der Waals surface area contributed by atoms with Gasteiger partial charge in [0.25, 0.3) is 0 Å². The molecule has 6 nitrogen and oxygen atoms in total. The zero-order valence-electron chi connectivity index (χ0n) is 14.9. The minimum atomic E-state index is -0.446. The van der Waals surface area contributed by atoms with Crippen LogP contribution in [0.15, 0.2) is 53.0 Å². The first-order valence-corrected chi connectivity index (χ1v) is 9.76. The Kier molecular flexibility index (Phi) is 5.07. The summed E-state index contributed by atoms with van der Waals surface area (Å²) in [6.07, 6.45) is 0. The van der Waals surface area contributed by atoms with Gasteiger partial charge in [-0.05, 0) is 35.9 Å². The number of nitrogens with one attached hydrogen (secondary N) is 1. The first kappa shape index (κ1) is 18.9. The predicted octanol–water partition coefficient (Wildman–Crippen LogP) is 2.79.